The second kappa shape index (κ2) is 6.40. The van der Waals surface area contributed by atoms with Gasteiger partial charge in [-0.05, 0) is 26.0 Å². The highest BCUT2D eigenvalue weighted by molar-refractivity contribution is 5.15. The van der Waals surface area contributed by atoms with E-state index in [4.69, 9.17) is 4.74 Å². The molecule has 0 aromatic carbocycles. The molecule has 1 heterocycles. The SMILES string of the molecule is CCNCc1cccc(OC(C)CC)n1. The zero-order chi connectivity index (χ0) is 11.1. The third-order valence-corrected chi connectivity index (χ3v) is 2.23. The van der Waals surface area contributed by atoms with Gasteiger partial charge in [-0.15, -0.1) is 0 Å². The highest BCUT2D eigenvalue weighted by atomic mass is 16.5. The molecule has 0 aliphatic carbocycles. The summed E-state index contributed by atoms with van der Waals surface area (Å²) in [6, 6.07) is 5.89. The van der Waals surface area contributed by atoms with E-state index in [1.807, 2.05) is 18.2 Å². The summed E-state index contributed by atoms with van der Waals surface area (Å²) in [6.45, 7) is 8.00. The van der Waals surface area contributed by atoms with Crippen molar-refractivity contribution in [2.75, 3.05) is 6.54 Å². The van der Waals surface area contributed by atoms with Crippen molar-refractivity contribution in [1.29, 1.82) is 0 Å². The molecule has 84 valence electrons. The fraction of sp³-hybridized carbons (Fsp3) is 0.583. The van der Waals surface area contributed by atoms with Crippen LogP contribution < -0.4 is 10.1 Å². The lowest BCUT2D eigenvalue weighted by molar-refractivity contribution is 0.208. The van der Waals surface area contributed by atoms with E-state index in [1.165, 1.54) is 0 Å². The van der Waals surface area contributed by atoms with Crippen molar-refractivity contribution >= 4 is 0 Å². The van der Waals surface area contributed by atoms with E-state index in [-0.39, 0.29) is 6.10 Å². The van der Waals surface area contributed by atoms with Gasteiger partial charge in [-0.1, -0.05) is 19.9 Å². The lowest BCUT2D eigenvalue weighted by atomic mass is 10.3. The van der Waals surface area contributed by atoms with Crippen molar-refractivity contribution in [1.82, 2.24) is 10.3 Å². The number of hydrogen-bond acceptors (Lipinski definition) is 3. The maximum atomic E-state index is 5.65. The number of ether oxygens (including phenoxy) is 1. The van der Waals surface area contributed by atoms with Crippen LogP contribution >= 0.6 is 0 Å². The first-order valence-corrected chi connectivity index (χ1v) is 5.59. The molecule has 1 atom stereocenters. The van der Waals surface area contributed by atoms with Crippen LogP contribution in [0, 0.1) is 0 Å². The third-order valence-electron chi connectivity index (χ3n) is 2.23. The van der Waals surface area contributed by atoms with Gasteiger partial charge in [-0.2, -0.15) is 0 Å². The van der Waals surface area contributed by atoms with E-state index in [0.717, 1.165) is 31.1 Å². The average Bonchev–Trinajstić information content (AvgIpc) is 2.26. The molecule has 1 aromatic heterocycles. The van der Waals surface area contributed by atoms with Gasteiger partial charge in [-0.25, -0.2) is 4.98 Å². The molecule has 0 radical (unpaired) electrons. The van der Waals surface area contributed by atoms with E-state index >= 15 is 0 Å². The van der Waals surface area contributed by atoms with Gasteiger partial charge < -0.3 is 10.1 Å². The predicted octanol–water partition coefficient (Wildman–Crippen LogP) is 2.37. The molecule has 15 heavy (non-hydrogen) atoms. The minimum atomic E-state index is 0.229. The summed E-state index contributed by atoms with van der Waals surface area (Å²) in [5.41, 5.74) is 1.03. The quantitative estimate of drug-likeness (QED) is 0.779. The zero-order valence-corrected chi connectivity index (χ0v) is 9.79. The molecule has 0 bridgehead atoms. The van der Waals surface area contributed by atoms with Crippen LogP contribution in [-0.2, 0) is 6.54 Å². The monoisotopic (exact) mass is 208 g/mol. The smallest absolute Gasteiger partial charge is 0.213 e. The fourth-order valence-electron chi connectivity index (χ4n) is 1.16. The summed E-state index contributed by atoms with van der Waals surface area (Å²) >= 11 is 0. The number of pyridine rings is 1. The molecule has 3 heteroatoms. The lowest BCUT2D eigenvalue weighted by Gasteiger charge is -2.12. The predicted molar refractivity (Wildman–Crippen MR) is 62.0 cm³/mol. The Morgan fingerprint density at radius 2 is 2.20 bits per heavy atom. The van der Waals surface area contributed by atoms with Crippen molar-refractivity contribution in [3.05, 3.63) is 23.9 Å². The third kappa shape index (κ3) is 4.30. The van der Waals surface area contributed by atoms with E-state index in [0.29, 0.717) is 0 Å². The maximum Gasteiger partial charge on any atom is 0.213 e. The maximum absolute atomic E-state index is 5.65. The number of nitrogens with one attached hydrogen (secondary N) is 1. The summed E-state index contributed by atoms with van der Waals surface area (Å²) in [4.78, 5) is 4.41. The highest BCUT2D eigenvalue weighted by Gasteiger charge is 2.02. The first kappa shape index (κ1) is 12.0. The van der Waals surface area contributed by atoms with Crippen LogP contribution in [0.25, 0.3) is 0 Å². The molecular formula is C12H20N2O. The Labute approximate surface area is 91.9 Å². The number of aromatic nitrogens is 1. The summed E-state index contributed by atoms with van der Waals surface area (Å²) in [5.74, 6) is 0.722. The van der Waals surface area contributed by atoms with Gasteiger partial charge in [-0.3, -0.25) is 0 Å². The van der Waals surface area contributed by atoms with Gasteiger partial charge in [0.05, 0.1) is 11.8 Å². The van der Waals surface area contributed by atoms with Crippen molar-refractivity contribution < 1.29 is 4.74 Å². The van der Waals surface area contributed by atoms with Crippen molar-refractivity contribution in [2.24, 2.45) is 0 Å². The van der Waals surface area contributed by atoms with Crippen LogP contribution in [0.4, 0.5) is 0 Å². The Balaban J connectivity index is 2.57. The Morgan fingerprint density at radius 1 is 1.40 bits per heavy atom. The van der Waals surface area contributed by atoms with E-state index in [1.54, 1.807) is 0 Å². The molecule has 1 unspecified atom stereocenters. The van der Waals surface area contributed by atoms with Gasteiger partial charge >= 0.3 is 0 Å². The van der Waals surface area contributed by atoms with Gasteiger partial charge in [0.15, 0.2) is 0 Å². The molecular weight excluding hydrogens is 188 g/mol. The normalized spacial score (nSPS) is 12.5. The molecule has 0 amide bonds. The Kier molecular flexibility index (Phi) is 5.12. The molecule has 1 rings (SSSR count). The van der Waals surface area contributed by atoms with Crippen molar-refractivity contribution in [2.45, 2.75) is 39.8 Å². The molecule has 1 N–H and O–H groups in total. The Morgan fingerprint density at radius 3 is 2.87 bits per heavy atom. The highest BCUT2D eigenvalue weighted by Crippen LogP contribution is 2.10. The number of nitrogens with zero attached hydrogens (tertiary/aromatic N) is 1. The summed E-state index contributed by atoms with van der Waals surface area (Å²) in [6.07, 6.45) is 1.23. The van der Waals surface area contributed by atoms with Crippen LogP contribution in [0.15, 0.2) is 18.2 Å². The molecule has 0 aliphatic rings. The summed E-state index contributed by atoms with van der Waals surface area (Å²) < 4.78 is 5.65. The van der Waals surface area contributed by atoms with Gasteiger partial charge in [0.1, 0.15) is 0 Å². The van der Waals surface area contributed by atoms with E-state index in [9.17, 15) is 0 Å². The molecule has 0 aliphatic heterocycles. The number of rotatable bonds is 6. The van der Waals surface area contributed by atoms with Crippen molar-refractivity contribution in [3.8, 4) is 5.88 Å². The first-order valence-electron chi connectivity index (χ1n) is 5.59. The summed E-state index contributed by atoms with van der Waals surface area (Å²) in [5, 5.41) is 3.24. The molecule has 0 fully saturated rings. The van der Waals surface area contributed by atoms with Crippen LogP contribution in [0.1, 0.15) is 32.9 Å². The van der Waals surface area contributed by atoms with Crippen molar-refractivity contribution in [3.63, 3.8) is 0 Å². The van der Waals surface area contributed by atoms with Gasteiger partial charge in [0.25, 0.3) is 0 Å². The van der Waals surface area contributed by atoms with Gasteiger partial charge in [0.2, 0.25) is 5.88 Å². The average molecular weight is 208 g/mol. The largest absolute Gasteiger partial charge is 0.475 e. The van der Waals surface area contributed by atoms with Crippen LogP contribution in [0.2, 0.25) is 0 Å². The molecule has 0 saturated carbocycles. The molecule has 0 spiro atoms. The van der Waals surface area contributed by atoms with Gasteiger partial charge in [0, 0.05) is 12.6 Å². The summed E-state index contributed by atoms with van der Waals surface area (Å²) in [7, 11) is 0. The Bertz CT molecular complexity index is 289. The molecule has 0 saturated heterocycles. The molecule has 1 aromatic rings. The zero-order valence-electron chi connectivity index (χ0n) is 9.79. The second-order valence-corrected chi connectivity index (χ2v) is 3.58. The lowest BCUT2D eigenvalue weighted by Crippen LogP contribution is -2.14. The standard InChI is InChI=1S/C12H20N2O/c1-4-10(3)15-12-8-6-7-11(14-12)9-13-5-2/h6-8,10,13H,4-5,9H2,1-3H3. The second-order valence-electron chi connectivity index (χ2n) is 3.58. The Hall–Kier alpha value is -1.09. The molecule has 3 nitrogen and oxygen atoms in total. The van der Waals surface area contributed by atoms with E-state index in [2.05, 4.69) is 31.1 Å². The van der Waals surface area contributed by atoms with Crippen LogP contribution in [0.5, 0.6) is 5.88 Å². The fourth-order valence-corrected chi connectivity index (χ4v) is 1.16. The first-order chi connectivity index (χ1) is 7.26. The minimum absolute atomic E-state index is 0.229. The van der Waals surface area contributed by atoms with E-state index < -0.39 is 0 Å². The van der Waals surface area contributed by atoms with Crippen LogP contribution in [0.3, 0.4) is 0 Å². The van der Waals surface area contributed by atoms with Crippen LogP contribution in [-0.4, -0.2) is 17.6 Å². The number of hydrogen-bond donors (Lipinski definition) is 1. The minimum Gasteiger partial charge on any atom is -0.475 e. The topological polar surface area (TPSA) is 34.1 Å².